The summed E-state index contributed by atoms with van der Waals surface area (Å²) >= 11 is 6.44. The zero-order valence-corrected chi connectivity index (χ0v) is 19.9. The van der Waals surface area contributed by atoms with Crippen molar-refractivity contribution in [2.24, 2.45) is 29.1 Å². The van der Waals surface area contributed by atoms with Crippen molar-refractivity contribution in [3.05, 3.63) is 34.3 Å². The molecular formula is C26H35ClN2O4. The Hall–Kier alpha value is -1.79. The number of hydrogen-bond acceptors (Lipinski definition) is 3. The molecule has 33 heavy (non-hydrogen) atoms. The minimum atomic E-state index is -0.890. The number of piperidine rings is 1. The molecule has 1 saturated heterocycles. The summed E-state index contributed by atoms with van der Waals surface area (Å²) in [6.07, 6.45) is 8.40. The Morgan fingerprint density at radius 3 is 2.24 bits per heavy atom. The molecule has 0 radical (unpaired) electrons. The van der Waals surface area contributed by atoms with Gasteiger partial charge in [0.05, 0.1) is 17.2 Å². The highest BCUT2D eigenvalue weighted by Crippen LogP contribution is 2.59. The maximum Gasteiger partial charge on any atom is 0.407 e. The third kappa shape index (κ3) is 4.61. The lowest BCUT2D eigenvalue weighted by molar-refractivity contribution is -0.0503. The van der Waals surface area contributed by atoms with Gasteiger partial charge in [-0.25, -0.2) is 4.79 Å². The Bertz CT molecular complexity index is 876. The highest BCUT2D eigenvalue weighted by molar-refractivity contribution is 6.33. The van der Waals surface area contributed by atoms with Gasteiger partial charge in [0.25, 0.3) is 5.91 Å². The van der Waals surface area contributed by atoms with Crippen LogP contribution in [-0.4, -0.2) is 53.4 Å². The van der Waals surface area contributed by atoms with Gasteiger partial charge in [0.15, 0.2) is 0 Å². The van der Waals surface area contributed by atoms with Crippen molar-refractivity contribution in [2.75, 3.05) is 26.2 Å². The molecule has 6 rings (SSSR count). The van der Waals surface area contributed by atoms with Gasteiger partial charge in [0, 0.05) is 25.6 Å². The number of halogens is 1. The van der Waals surface area contributed by atoms with E-state index in [1.54, 1.807) is 6.07 Å². The van der Waals surface area contributed by atoms with Gasteiger partial charge in [-0.1, -0.05) is 17.7 Å². The van der Waals surface area contributed by atoms with Gasteiger partial charge in [-0.3, -0.25) is 4.79 Å². The monoisotopic (exact) mass is 474 g/mol. The lowest BCUT2D eigenvalue weighted by Gasteiger charge is -2.56. The second kappa shape index (κ2) is 9.10. The topological polar surface area (TPSA) is 89.9 Å². The summed E-state index contributed by atoms with van der Waals surface area (Å²) in [6, 6.07) is 5.48. The molecule has 1 aromatic carbocycles. The molecule has 1 unspecified atom stereocenters. The van der Waals surface area contributed by atoms with Crippen molar-refractivity contribution >= 4 is 23.6 Å². The van der Waals surface area contributed by atoms with Crippen LogP contribution in [0.2, 0.25) is 5.02 Å². The molecule has 5 aliphatic rings. The number of hydrogen-bond donors (Lipinski definition) is 3. The summed E-state index contributed by atoms with van der Waals surface area (Å²) < 4.78 is 0. The fourth-order valence-corrected chi connectivity index (χ4v) is 8.04. The highest BCUT2D eigenvalue weighted by atomic mass is 35.5. The highest BCUT2D eigenvalue weighted by Gasteiger charge is 2.50. The molecule has 6 nitrogen and oxygen atoms in total. The standard InChI is InChI=1S/C26H35ClN2O4/c27-23-2-1-20(22(14-30)19-3-5-29(6-4-19)25(32)33)10-21(23)24(31)28-15-26-11-16-7-17(12-26)9-18(8-16)13-26/h1-2,10,16-19,22,30H,3-9,11-15H2,(H,28,31)(H,32,33). The van der Waals surface area contributed by atoms with Crippen LogP contribution in [0, 0.1) is 29.1 Å². The van der Waals surface area contributed by atoms with E-state index >= 15 is 0 Å². The molecule has 180 valence electrons. The van der Waals surface area contributed by atoms with Gasteiger partial charge in [-0.05, 0) is 98.1 Å². The predicted octanol–water partition coefficient (Wildman–Crippen LogP) is 4.75. The smallest absolute Gasteiger partial charge is 0.407 e. The van der Waals surface area contributed by atoms with Crippen molar-refractivity contribution in [1.29, 1.82) is 0 Å². The first-order valence-electron chi connectivity index (χ1n) is 12.5. The molecule has 1 heterocycles. The van der Waals surface area contributed by atoms with Crippen LogP contribution in [0.1, 0.15) is 73.2 Å². The second-order valence-corrected chi connectivity index (χ2v) is 11.6. The number of amides is 2. The zero-order chi connectivity index (χ0) is 23.2. The van der Waals surface area contributed by atoms with E-state index in [1.165, 1.54) is 43.4 Å². The summed E-state index contributed by atoms with van der Waals surface area (Å²) in [5, 5.41) is 23.0. The van der Waals surface area contributed by atoms with Gasteiger partial charge in [0.2, 0.25) is 0 Å². The van der Waals surface area contributed by atoms with Crippen molar-refractivity contribution in [1.82, 2.24) is 10.2 Å². The maximum atomic E-state index is 13.2. The number of rotatable bonds is 6. The van der Waals surface area contributed by atoms with Gasteiger partial charge in [0.1, 0.15) is 0 Å². The van der Waals surface area contributed by atoms with E-state index in [2.05, 4.69) is 5.32 Å². The number of benzene rings is 1. The maximum absolute atomic E-state index is 13.2. The molecular weight excluding hydrogens is 440 g/mol. The average Bonchev–Trinajstić information content (AvgIpc) is 2.78. The van der Waals surface area contributed by atoms with Crippen LogP contribution in [0.5, 0.6) is 0 Å². The van der Waals surface area contributed by atoms with Crippen LogP contribution >= 0.6 is 11.6 Å². The number of nitrogens with zero attached hydrogens (tertiary/aromatic N) is 1. The van der Waals surface area contributed by atoms with E-state index in [-0.39, 0.29) is 29.8 Å². The van der Waals surface area contributed by atoms with E-state index in [9.17, 15) is 19.8 Å². The number of aliphatic hydroxyl groups excluding tert-OH is 1. The minimum Gasteiger partial charge on any atom is -0.465 e. The zero-order valence-electron chi connectivity index (χ0n) is 19.1. The van der Waals surface area contributed by atoms with Crippen molar-refractivity contribution in [3.63, 3.8) is 0 Å². The first kappa shape index (κ1) is 23.0. The van der Waals surface area contributed by atoms with E-state index in [0.717, 1.165) is 29.9 Å². The lowest BCUT2D eigenvalue weighted by Crippen LogP contribution is -2.51. The fourth-order valence-electron chi connectivity index (χ4n) is 7.84. The number of carboxylic acid groups (broad SMARTS) is 1. The molecule has 0 aromatic heterocycles. The molecule has 0 spiro atoms. The SMILES string of the molecule is O=C(NCC12CC3CC(CC(C3)C1)C2)c1cc(C(CO)C2CCN(C(=O)O)CC2)ccc1Cl. The molecule has 1 aliphatic heterocycles. The Morgan fingerprint density at radius 2 is 1.70 bits per heavy atom. The fraction of sp³-hybridized carbons (Fsp3) is 0.692. The van der Waals surface area contributed by atoms with E-state index < -0.39 is 6.09 Å². The third-order valence-electron chi connectivity index (χ3n) is 9.03. The van der Waals surface area contributed by atoms with Gasteiger partial charge >= 0.3 is 6.09 Å². The summed E-state index contributed by atoms with van der Waals surface area (Å²) in [7, 11) is 0. The van der Waals surface area contributed by atoms with Crippen LogP contribution in [-0.2, 0) is 0 Å². The Kier molecular flexibility index (Phi) is 6.34. The van der Waals surface area contributed by atoms with Crippen LogP contribution in [0.4, 0.5) is 4.79 Å². The van der Waals surface area contributed by atoms with Crippen molar-refractivity contribution < 1.29 is 19.8 Å². The van der Waals surface area contributed by atoms with Crippen molar-refractivity contribution in [2.45, 2.75) is 57.3 Å². The number of likely N-dealkylation sites (tertiary alicyclic amines) is 1. The van der Waals surface area contributed by atoms with E-state index in [0.29, 0.717) is 36.5 Å². The summed E-state index contributed by atoms with van der Waals surface area (Å²) in [6.45, 7) is 1.64. The molecule has 1 aromatic rings. The van der Waals surface area contributed by atoms with E-state index in [1.807, 2.05) is 12.1 Å². The summed E-state index contributed by atoms with van der Waals surface area (Å²) in [4.78, 5) is 25.8. The van der Waals surface area contributed by atoms with Crippen molar-refractivity contribution in [3.8, 4) is 0 Å². The summed E-state index contributed by atoms with van der Waals surface area (Å²) in [5.74, 6) is 2.45. The molecule has 2 amide bonds. The van der Waals surface area contributed by atoms with Gasteiger partial charge in [-0.2, -0.15) is 0 Å². The first-order chi connectivity index (χ1) is 15.9. The van der Waals surface area contributed by atoms with Crippen LogP contribution in [0.3, 0.4) is 0 Å². The molecule has 4 saturated carbocycles. The van der Waals surface area contributed by atoms with Gasteiger partial charge < -0.3 is 20.4 Å². The largest absolute Gasteiger partial charge is 0.465 e. The first-order valence-corrected chi connectivity index (χ1v) is 12.9. The van der Waals surface area contributed by atoms with Crippen LogP contribution < -0.4 is 5.32 Å². The number of carbonyl (C=O) groups excluding carboxylic acids is 1. The Labute approximate surface area is 200 Å². The molecule has 5 fully saturated rings. The molecule has 1 atom stereocenters. The number of nitrogens with one attached hydrogen (secondary N) is 1. The minimum absolute atomic E-state index is 0.0340. The predicted molar refractivity (Wildman–Crippen MR) is 127 cm³/mol. The molecule has 7 heteroatoms. The number of carbonyl (C=O) groups is 2. The normalized spacial score (nSPS) is 32.1. The molecule has 4 bridgehead atoms. The van der Waals surface area contributed by atoms with Gasteiger partial charge in [-0.15, -0.1) is 0 Å². The van der Waals surface area contributed by atoms with Crippen LogP contribution in [0.15, 0.2) is 18.2 Å². The average molecular weight is 475 g/mol. The Balaban J connectivity index is 1.26. The van der Waals surface area contributed by atoms with Crippen LogP contribution in [0.25, 0.3) is 0 Å². The van der Waals surface area contributed by atoms with E-state index in [4.69, 9.17) is 11.6 Å². The second-order valence-electron chi connectivity index (χ2n) is 11.2. The quantitative estimate of drug-likeness (QED) is 0.554. The summed E-state index contributed by atoms with van der Waals surface area (Å²) in [5.41, 5.74) is 1.64. The molecule has 3 N–H and O–H groups in total. The lowest BCUT2D eigenvalue weighted by atomic mass is 9.49. The molecule has 4 aliphatic carbocycles. The number of aliphatic hydroxyl groups is 1. The third-order valence-corrected chi connectivity index (χ3v) is 9.36. The Morgan fingerprint density at radius 1 is 1.09 bits per heavy atom.